The first-order valence-electron chi connectivity index (χ1n) is 8.37. The third-order valence-corrected chi connectivity index (χ3v) is 5.70. The van der Waals surface area contributed by atoms with Gasteiger partial charge >= 0.3 is 0 Å². The van der Waals surface area contributed by atoms with Crippen LogP contribution in [0.4, 0.5) is 0 Å². The second kappa shape index (κ2) is 6.33. The molecule has 0 amide bonds. The number of piperidine rings is 1. The van der Waals surface area contributed by atoms with E-state index in [1.54, 1.807) is 0 Å². The minimum atomic E-state index is -0.107. The van der Waals surface area contributed by atoms with Crippen LogP contribution in [0.2, 0.25) is 0 Å². The van der Waals surface area contributed by atoms with Gasteiger partial charge in [0.05, 0.1) is 6.10 Å². The van der Waals surface area contributed by atoms with Gasteiger partial charge in [-0.3, -0.25) is 4.90 Å². The van der Waals surface area contributed by atoms with E-state index in [9.17, 15) is 5.11 Å². The summed E-state index contributed by atoms with van der Waals surface area (Å²) in [6.07, 6.45) is 5.74. The first kappa shape index (κ1) is 16.3. The molecule has 2 aliphatic rings. The molecule has 0 bridgehead atoms. The molecule has 3 nitrogen and oxygen atoms in total. The largest absolute Gasteiger partial charge is 0.391 e. The fourth-order valence-corrected chi connectivity index (χ4v) is 4.04. The molecule has 3 unspecified atom stereocenters. The molecule has 20 heavy (non-hydrogen) atoms. The van der Waals surface area contributed by atoms with Gasteiger partial charge in [-0.2, -0.15) is 0 Å². The fourth-order valence-electron chi connectivity index (χ4n) is 4.04. The lowest BCUT2D eigenvalue weighted by atomic mass is 9.69. The molecule has 1 saturated heterocycles. The second-order valence-electron chi connectivity index (χ2n) is 8.24. The Morgan fingerprint density at radius 1 is 1.00 bits per heavy atom. The summed E-state index contributed by atoms with van der Waals surface area (Å²) in [7, 11) is 4.37. The minimum absolute atomic E-state index is 0.107. The van der Waals surface area contributed by atoms with Crippen molar-refractivity contribution in [1.82, 2.24) is 9.80 Å². The van der Waals surface area contributed by atoms with Crippen LogP contribution >= 0.6 is 0 Å². The van der Waals surface area contributed by atoms with E-state index in [-0.39, 0.29) is 6.10 Å². The predicted octanol–water partition coefficient (Wildman–Crippen LogP) is 2.59. The van der Waals surface area contributed by atoms with Gasteiger partial charge in [-0.1, -0.05) is 20.8 Å². The highest BCUT2D eigenvalue weighted by Crippen LogP contribution is 2.40. The third kappa shape index (κ3) is 3.75. The van der Waals surface area contributed by atoms with Crippen LogP contribution in [0.5, 0.6) is 0 Å². The molecule has 0 aromatic rings. The van der Waals surface area contributed by atoms with E-state index in [0.29, 0.717) is 11.5 Å². The molecule has 1 N–H and O–H groups in total. The Kier molecular flexibility index (Phi) is 5.14. The SMILES string of the molecule is CN(C)C1CCN(C2CC(C(C)(C)C)CCC2O)CC1. The van der Waals surface area contributed by atoms with Gasteiger partial charge in [0.15, 0.2) is 0 Å². The summed E-state index contributed by atoms with van der Waals surface area (Å²) in [5.74, 6) is 0.752. The summed E-state index contributed by atoms with van der Waals surface area (Å²) in [5, 5.41) is 10.4. The molecule has 1 saturated carbocycles. The van der Waals surface area contributed by atoms with Gasteiger partial charge in [-0.05, 0) is 57.5 Å². The van der Waals surface area contributed by atoms with Crippen LogP contribution in [-0.2, 0) is 0 Å². The summed E-state index contributed by atoms with van der Waals surface area (Å²) < 4.78 is 0. The Labute approximate surface area is 125 Å². The Morgan fingerprint density at radius 2 is 1.60 bits per heavy atom. The molecule has 3 heteroatoms. The predicted molar refractivity (Wildman–Crippen MR) is 84.9 cm³/mol. The second-order valence-corrected chi connectivity index (χ2v) is 8.24. The molecule has 1 aliphatic carbocycles. The molecule has 0 aromatic heterocycles. The van der Waals surface area contributed by atoms with E-state index in [1.807, 2.05) is 0 Å². The van der Waals surface area contributed by atoms with Gasteiger partial charge in [0.1, 0.15) is 0 Å². The zero-order valence-corrected chi connectivity index (χ0v) is 14.1. The van der Waals surface area contributed by atoms with E-state index < -0.39 is 0 Å². The summed E-state index contributed by atoms with van der Waals surface area (Å²) in [4.78, 5) is 4.93. The molecule has 2 fully saturated rings. The lowest BCUT2D eigenvalue weighted by Gasteiger charge is -2.47. The first-order valence-corrected chi connectivity index (χ1v) is 8.37. The van der Waals surface area contributed by atoms with Gasteiger partial charge in [0.25, 0.3) is 0 Å². The zero-order valence-electron chi connectivity index (χ0n) is 14.1. The molecular weight excluding hydrogens is 248 g/mol. The third-order valence-electron chi connectivity index (χ3n) is 5.70. The van der Waals surface area contributed by atoms with Crippen molar-refractivity contribution in [2.24, 2.45) is 11.3 Å². The molecule has 118 valence electrons. The van der Waals surface area contributed by atoms with Crippen molar-refractivity contribution in [2.45, 2.75) is 71.1 Å². The molecule has 0 radical (unpaired) electrons. The monoisotopic (exact) mass is 282 g/mol. The molecule has 2 rings (SSSR count). The standard InChI is InChI=1S/C17H34N2O/c1-17(2,3)13-6-7-16(20)15(12-13)19-10-8-14(9-11-19)18(4)5/h13-16,20H,6-12H2,1-5H3. The van der Waals surface area contributed by atoms with Gasteiger partial charge in [-0.15, -0.1) is 0 Å². The lowest BCUT2D eigenvalue weighted by molar-refractivity contribution is -0.0300. The van der Waals surface area contributed by atoms with Crippen LogP contribution in [0.15, 0.2) is 0 Å². The summed E-state index contributed by atoms with van der Waals surface area (Å²) in [6, 6.07) is 1.13. The van der Waals surface area contributed by atoms with Gasteiger partial charge in [0, 0.05) is 25.2 Å². The topological polar surface area (TPSA) is 26.7 Å². The van der Waals surface area contributed by atoms with Gasteiger partial charge in [-0.25, -0.2) is 0 Å². The van der Waals surface area contributed by atoms with Crippen molar-refractivity contribution in [3.8, 4) is 0 Å². The maximum Gasteiger partial charge on any atom is 0.0695 e. The summed E-state index contributed by atoms with van der Waals surface area (Å²) in [6.45, 7) is 9.36. The number of likely N-dealkylation sites (tertiary alicyclic amines) is 1. The summed E-state index contributed by atoms with van der Waals surface area (Å²) in [5.41, 5.74) is 0.375. The van der Waals surface area contributed by atoms with Crippen LogP contribution in [0.25, 0.3) is 0 Å². The van der Waals surface area contributed by atoms with Crippen molar-refractivity contribution in [3.05, 3.63) is 0 Å². The van der Waals surface area contributed by atoms with Crippen molar-refractivity contribution in [2.75, 3.05) is 27.2 Å². The van der Waals surface area contributed by atoms with E-state index in [4.69, 9.17) is 0 Å². The average molecular weight is 282 g/mol. The average Bonchev–Trinajstić information content (AvgIpc) is 2.38. The number of hydrogen-bond donors (Lipinski definition) is 1. The number of nitrogens with zero attached hydrogens (tertiary/aromatic N) is 2. The molecule has 0 spiro atoms. The fraction of sp³-hybridized carbons (Fsp3) is 1.00. The van der Waals surface area contributed by atoms with Crippen molar-refractivity contribution in [3.63, 3.8) is 0 Å². The van der Waals surface area contributed by atoms with E-state index in [0.717, 1.165) is 31.5 Å². The number of aliphatic hydroxyl groups is 1. The highest BCUT2D eigenvalue weighted by atomic mass is 16.3. The zero-order chi connectivity index (χ0) is 14.9. The van der Waals surface area contributed by atoms with E-state index >= 15 is 0 Å². The molecule has 3 atom stereocenters. The van der Waals surface area contributed by atoms with Crippen LogP contribution in [0.1, 0.15) is 52.9 Å². The molecule has 1 heterocycles. The lowest BCUT2D eigenvalue weighted by Crippen LogP contribution is -2.53. The van der Waals surface area contributed by atoms with Crippen LogP contribution < -0.4 is 0 Å². The normalized spacial score (nSPS) is 34.6. The van der Waals surface area contributed by atoms with Crippen LogP contribution in [-0.4, -0.2) is 60.3 Å². The number of rotatable bonds is 2. The maximum atomic E-state index is 10.4. The maximum absolute atomic E-state index is 10.4. The van der Waals surface area contributed by atoms with Crippen molar-refractivity contribution in [1.29, 1.82) is 0 Å². The number of hydrogen-bond acceptors (Lipinski definition) is 3. The molecule has 1 aliphatic heterocycles. The quantitative estimate of drug-likeness (QED) is 0.843. The smallest absolute Gasteiger partial charge is 0.0695 e. The van der Waals surface area contributed by atoms with E-state index in [2.05, 4.69) is 44.7 Å². The Bertz CT molecular complexity index is 303. The summed E-state index contributed by atoms with van der Waals surface area (Å²) >= 11 is 0. The first-order chi connectivity index (χ1) is 9.29. The highest BCUT2D eigenvalue weighted by Gasteiger charge is 2.38. The van der Waals surface area contributed by atoms with Gasteiger partial charge < -0.3 is 10.0 Å². The molecular formula is C17H34N2O. The van der Waals surface area contributed by atoms with Crippen LogP contribution in [0.3, 0.4) is 0 Å². The Balaban J connectivity index is 1.94. The van der Waals surface area contributed by atoms with Crippen molar-refractivity contribution < 1.29 is 5.11 Å². The Hall–Kier alpha value is -0.120. The molecule has 0 aromatic carbocycles. The number of aliphatic hydroxyl groups excluding tert-OH is 1. The Morgan fingerprint density at radius 3 is 2.10 bits per heavy atom. The van der Waals surface area contributed by atoms with Crippen LogP contribution in [0, 0.1) is 11.3 Å². The van der Waals surface area contributed by atoms with E-state index in [1.165, 1.54) is 25.7 Å². The minimum Gasteiger partial charge on any atom is -0.391 e. The highest BCUT2D eigenvalue weighted by molar-refractivity contribution is 4.92. The van der Waals surface area contributed by atoms with Crippen molar-refractivity contribution >= 4 is 0 Å². The van der Waals surface area contributed by atoms with Gasteiger partial charge in [0.2, 0.25) is 0 Å².